The maximum Gasteiger partial charge on any atom is 0.332 e. The highest BCUT2D eigenvalue weighted by atomic mass is 35.5. The first-order chi connectivity index (χ1) is 8.38. The van der Waals surface area contributed by atoms with Gasteiger partial charge in [-0.05, 0) is 25.4 Å². The van der Waals surface area contributed by atoms with Crippen LogP contribution in [0, 0.1) is 17.0 Å². The number of rotatable bonds is 5. The third kappa shape index (κ3) is 3.05. The second-order valence-electron chi connectivity index (χ2n) is 3.92. The summed E-state index contributed by atoms with van der Waals surface area (Å²) in [5.74, 6) is 0.196. The van der Waals surface area contributed by atoms with Crippen molar-refractivity contribution in [3.63, 3.8) is 0 Å². The summed E-state index contributed by atoms with van der Waals surface area (Å²) in [6.45, 7) is 3.83. The summed E-state index contributed by atoms with van der Waals surface area (Å²) in [6.07, 6.45) is 0. The molecule has 0 bridgehead atoms. The molecule has 1 atom stereocenters. The van der Waals surface area contributed by atoms with Crippen LogP contribution in [-0.4, -0.2) is 41.7 Å². The van der Waals surface area contributed by atoms with E-state index in [1.54, 1.807) is 19.1 Å². The second-order valence-corrected chi connectivity index (χ2v) is 4.26. The van der Waals surface area contributed by atoms with E-state index in [0.29, 0.717) is 6.61 Å². The number of aryl methyl sites for hydroxylation is 1. The van der Waals surface area contributed by atoms with Crippen molar-refractivity contribution >= 4 is 23.1 Å². The molecular formula is C10H15ClN4O3. The summed E-state index contributed by atoms with van der Waals surface area (Å²) in [6, 6.07) is -0.0703. The fraction of sp³-hybridized carbons (Fsp3) is 0.600. The van der Waals surface area contributed by atoms with Crippen LogP contribution in [0.2, 0.25) is 5.28 Å². The van der Waals surface area contributed by atoms with E-state index >= 15 is 0 Å². The molecule has 0 saturated heterocycles. The maximum absolute atomic E-state index is 11.1. The van der Waals surface area contributed by atoms with Gasteiger partial charge in [0, 0.05) is 14.2 Å². The number of nitro groups is 1. The minimum absolute atomic E-state index is 0.00966. The van der Waals surface area contributed by atoms with Crippen molar-refractivity contribution in [2.45, 2.75) is 19.9 Å². The number of likely N-dealkylation sites (N-methyl/N-ethyl adjacent to an activating group) is 1. The standard InChI is InChI=1S/C10H15ClN4O3/c1-6(5-18-4)14(3)9-8(15(16)17)7(2)12-10(11)13-9/h6H,5H2,1-4H3. The summed E-state index contributed by atoms with van der Waals surface area (Å²) in [5, 5.41) is 11.1. The molecule has 0 aliphatic rings. The average molecular weight is 275 g/mol. The molecule has 1 heterocycles. The smallest absolute Gasteiger partial charge is 0.332 e. The predicted molar refractivity (Wildman–Crippen MR) is 68.2 cm³/mol. The van der Waals surface area contributed by atoms with Crippen LogP contribution in [0.25, 0.3) is 0 Å². The molecule has 1 aromatic rings. The van der Waals surface area contributed by atoms with E-state index in [1.807, 2.05) is 6.92 Å². The van der Waals surface area contributed by atoms with E-state index in [0.717, 1.165) is 0 Å². The molecule has 0 N–H and O–H groups in total. The lowest BCUT2D eigenvalue weighted by Gasteiger charge is -2.25. The highest BCUT2D eigenvalue weighted by Crippen LogP contribution is 2.29. The summed E-state index contributed by atoms with van der Waals surface area (Å²) in [5.41, 5.74) is 0.108. The van der Waals surface area contributed by atoms with E-state index in [9.17, 15) is 10.1 Å². The Morgan fingerprint density at radius 3 is 2.67 bits per heavy atom. The average Bonchev–Trinajstić information content (AvgIpc) is 2.26. The molecule has 0 aliphatic carbocycles. The van der Waals surface area contributed by atoms with Crippen LogP contribution >= 0.6 is 11.6 Å². The lowest BCUT2D eigenvalue weighted by molar-refractivity contribution is -0.385. The number of hydrogen-bond acceptors (Lipinski definition) is 6. The molecule has 8 heteroatoms. The third-order valence-corrected chi connectivity index (χ3v) is 2.77. The fourth-order valence-electron chi connectivity index (χ4n) is 1.54. The van der Waals surface area contributed by atoms with E-state index in [2.05, 4.69) is 9.97 Å². The maximum atomic E-state index is 11.1. The molecule has 0 spiro atoms. The van der Waals surface area contributed by atoms with Crippen LogP contribution in [0.3, 0.4) is 0 Å². The first-order valence-corrected chi connectivity index (χ1v) is 5.66. The van der Waals surface area contributed by atoms with Crippen molar-refractivity contribution in [2.24, 2.45) is 0 Å². The molecular weight excluding hydrogens is 260 g/mol. The highest BCUT2D eigenvalue weighted by molar-refractivity contribution is 6.28. The summed E-state index contributed by atoms with van der Waals surface area (Å²) < 4.78 is 5.02. The van der Waals surface area contributed by atoms with Gasteiger partial charge in [0.05, 0.1) is 17.6 Å². The van der Waals surface area contributed by atoms with Crippen LogP contribution in [0.15, 0.2) is 0 Å². The van der Waals surface area contributed by atoms with Gasteiger partial charge < -0.3 is 9.64 Å². The first kappa shape index (κ1) is 14.6. The van der Waals surface area contributed by atoms with Gasteiger partial charge in [-0.1, -0.05) is 0 Å². The Bertz CT molecular complexity index is 455. The number of nitrogens with zero attached hydrogens (tertiary/aromatic N) is 4. The predicted octanol–water partition coefficient (Wildman–Crippen LogP) is 1.82. The van der Waals surface area contributed by atoms with Crippen LogP contribution < -0.4 is 4.90 Å². The van der Waals surface area contributed by atoms with Crippen molar-refractivity contribution in [3.05, 3.63) is 21.1 Å². The van der Waals surface area contributed by atoms with Crippen LogP contribution in [-0.2, 0) is 4.74 Å². The Hall–Kier alpha value is -1.47. The van der Waals surface area contributed by atoms with Gasteiger partial charge in [0.15, 0.2) is 0 Å². The molecule has 0 saturated carbocycles. The number of aromatic nitrogens is 2. The summed E-state index contributed by atoms with van der Waals surface area (Å²) >= 11 is 5.75. The minimum atomic E-state index is -0.503. The Morgan fingerprint density at radius 2 is 2.17 bits per heavy atom. The highest BCUT2D eigenvalue weighted by Gasteiger charge is 2.26. The fourth-order valence-corrected chi connectivity index (χ4v) is 1.75. The van der Waals surface area contributed by atoms with Crippen LogP contribution in [0.1, 0.15) is 12.6 Å². The van der Waals surface area contributed by atoms with E-state index in [4.69, 9.17) is 16.3 Å². The summed E-state index contributed by atoms with van der Waals surface area (Å²) in [7, 11) is 3.27. The van der Waals surface area contributed by atoms with E-state index < -0.39 is 4.92 Å². The zero-order valence-corrected chi connectivity index (χ0v) is 11.4. The molecule has 100 valence electrons. The number of ether oxygens (including phenoxy) is 1. The zero-order chi connectivity index (χ0) is 13.9. The third-order valence-electron chi connectivity index (χ3n) is 2.60. The molecule has 7 nitrogen and oxygen atoms in total. The molecule has 18 heavy (non-hydrogen) atoms. The summed E-state index contributed by atoms with van der Waals surface area (Å²) in [4.78, 5) is 20.0. The topological polar surface area (TPSA) is 81.4 Å². The van der Waals surface area contributed by atoms with Crippen molar-refractivity contribution in [2.75, 3.05) is 25.7 Å². The van der Waals surface area contributed by atoms with Crippen molar-refractivity contribution < 1.29 is 9.66 Å². The van der Waals surface area contributed by atoms with E-state index in [-0.39, 0.29) is 28.5 Å². The first-order valence-electron chi connectivity index (χ1n) is 5.28. The number of halogens is 1. The van der Waals surface area contributed by atoms with Gasteiger partial charge in [0.25, 0.3) is 0 Å². The van der Waals surface area contributed by atoms with Gasteiger partial charge in [-0.3, -0.25) is 10.1 Å². The zero-order valence-electron chi connectivity index (χ0n) is 10.7. The lowest BCUT2D eigenvalue weighted by atomic mass is 10.2. The largest absolute Gasteiger partial charge is 0.383 e. The molecule has 1 aromatic heterocycles. The van der Waals surface area contributed by atoms with Gasteiger partial charge in [-0.25, -0.2) is 4.98 Å². The lowest BCUT2D eigenvalue weighted by Crippen LogP contribution is -2.34. The van der Waals surface area contributed by atoms with Gasteiger partial charge in [0.1, 0.15) is 5.69 Å². The Balaban J connectivity index is 3.25. The number of hydrogen-bond donors (Lipinski definition) is 0. The Kier molecular flexibility index (Phi) is 4.80. The van der Waals surface area contributed by atoms with Gasteiger partial charge in [0.2, 0.25) is 11.1 Å². The van der Waals surface area contributed by atoms with Crippen LogP contribution in [0.4, 0.5) is 11.5 Å². The SMILES string of the molecule is COCC(C)N(C)c1nc(Cl)nc(C)c1[N+](=O)[O-]. The van der Waals surface area contributed by atoms with E-state index in [1.165, 1.54) is 6.92 Å². The van der Waals surface area contributed by atoms with Crippen molar-refractivity contribution in [1.29, 1.82) is 0 Å². The molecule has 0 fully saturated rings. The second kappa shape index (κ2) is 5.92. The van der Waals surface area contributed by atoms with Crippen LogP contribution in [0.5, 0.6) is 0 Å². The molecule has 0 aromatic carbocycles. The molecule has 0 amide bonds. The Labute approximate surface area is 110 Å². The molecule has 1 unspecified atom stereocenters. The van der Waals surface area contributed by atoms with Gasteiger partial charge in [-0.15, -0.1) is 0 Å². The van der Waals surface area contributed by atoms with Gasteiger partial charge in [-0.2, -0.15) is 4.98 Å². The molecule has 0 radical (unpaired) electrons. The quantitative estimate of drug-likeness (QED) is 0.463. The molecule has 1 rings (SSSR count). The monoisotopic (exact) mass is 274 g/mol. The minimum Gasteiger partial charge on any atom is -0.383 e. The normalized spacial score (nSPS) is 12.3. The Morgan fingerprint density at radius 1 is 1.56 bits per heavy atom. The van der Waals surface area contributed by atoms with Crippen molar-refractivity contribution in [3.8, 4) is 0 Å². The number of methoxy groups -OCH3 is 1. The van der Waals surface area contributed by atoms with Gasteiger partial charge >= 0.3 is 5.69 Å². The molecule has 0 aliphatic heterocycles. The number of anilines is 1. The van der Waals surface area contributed by atoms with Crippen molar-refractivity contribution in [1.82, 2.24) is 9.97 Å².